The molecule has 1 aromatic rings. The quantitative estimate of drug-likeness (QED) is 0.481. The van der Waals surface area contributed by atoms with Crippen LogP contribution in [0.5, 0.6) is 0 Å². The maximum absolute atomic E-state index is 12.3. The van der Waals surface area contributed by atoms with Gasteiger partial charge < -0.3 is 16.0 Å². The summed E-state index contributed by atoms with van der Waals surface area (Å²) in [5, 5.41) is 4.80. The molecule has 0 unspecified atom stereocenters. The van der Waals surface area contributed by atoms with E-state index in [4.69, 9.17) is 5.73 Å². The van der Waals surface area contributed by atoms with Crippen LogP contribution in [0.4, 0.5) is 16.3 Å². The van der Waals surface area contributed by atoms with Crippen LogP contribution in [0.15, 0.2) is 9.59 Å². The fraction of sp³-hybridized carbons (Fsp3) is 0.647. The number of anilines is 2. The van der Waals surface area contributed by atoms with Gasteiger partial charge in [-0.05, 0) is 19.3 Å². The molecule has 1 aromatic heterocycles. The van der Waals surface area contributed by atoms with Crippen molar-refractivity contribution in [1.82, 2.24) is 20.2 Å². The number of rotatable bonds is 9. The fourth-order valence-corrected chi connectivity index (χ4v) is 2.45. The number of nitrogens with two attached hydrogens (primary N) is 1. The number of nitrogen functional groups attached to an aromatic ring is 1. The van der Waals surface area contributed by atoms with Crippen molar-refractivity contribution in [2.24, 2.45) is 5.92 Å². The van der Waals surface area contributed by atoms with Crippen LogP contribution in [0.1, 0.15) is 40.5 Å². The third kappa shape index (κ3) is 6.46. The first-order valence-corrected chi connectivity index (χ1v) is 9.16. The second-order valence-electron chi connectivity index (χ2n) is 6.66. The molecular formula is C17H30N6O4. The predicted molar refractivity (Wildman–Crippen MR) is 105 cm³/mol. The highest BCUT2D eigenvalue weighted by Gasteiger charge is 2.20. The van der Waals surface area contributed by atoms with E-state index in [2.05, 4.69) is 15.6 Å². The van der Waals surface area contributed by atoms with Crippen molar-refractivity contribution in [2.75, 3.05) is 30.3 Å². The van der Waals surface area contributed by atoms with Gasteiger partial charge in [-0.1, -0.05) is 27.2 Å². The van der Waals surface area contributed by atoms with E-state index in [0.29, 0.717) is 19.6 Å². The molecule has 3 amide bonds. The van der Waals surface area contributed by atoms with Gasteiger partial charge in [0.2, 0.25) is 5.91 Å². The molecule has 1 heterocycles. The highest BCUT2D eigenvalue weighted by molar-refractivity contribution is 5.96. The van der Waals surface area contributed by atoms with Crippen LogP contribution in [-0.2, 0) is 11.3 Å². The number of likely N-dealkylation sites (N-methyl/N-ethyl adjacent to an activating group) is 1. The van der Waals surface area contributed by atoms with Crippen LogP contribution in [0.2, 0.25) is 0 Å². The second-order valence-corrected chi connectivity index (χ2v) is 6.66. The molecule has 10 heteroatoms. The molecule has 0 aromatic carbocycles. The van der Waals surface area contributed by atoms with Crippen molar-refractivity contribution in [2.45, 2.75) is 47.1 Å². The summed E-state index contributed by atoms with van der Waals surface area (Å²) < 4.78 is 1.29. The Bertz CT molecular complexity index is 768. The molecule has 0 atom stereocenters. The maximum Gasteiger partial charge on any atom is 0.330 e. The molecule has 0 spiro atoms. The van der Waals surface area contributed by atoms with Gasteiger partial charge in [-0.3, -0.25) is 24.5 Å². The molecule has 10 nitrogen and oxygen atoms in total. The van der Waals surface area contributed by atoms with E-state index >= 15 is 0 Å². The lowest BCUT2D eigenvalue weighted by molar-refractivity contribution is -0.118. The van der Waals surface area contributed by atoms with Crippen molar-refractivity contribution in [3.05, 3.63) is 20.8 Å². The van der Waals surface area contributed by atoms with Crippen LogP contribution in [0.25, 0.3) is 0 Å². The van der Waals surface area contributed by atoms with Gasteiger partial charge in [-0.25, -0.2) is 9.59 Å². The van der Waals surface area contributed by atoms with Crippen LogP contribution in [0.3, 0.4) is 0 Å². The van der Waals surface area contributed by atoms with E-state index in [9.17, 15) is 19.2 Å². The molecule has 27 heavy (non-hydrogen) atoms. The van der Waals surface area contributed by atoms with Gasteiger partial charge >= 0.3 is 11.7 Å². The van der Waals surface area contributed by atoms with E-state index in [1.54, 1.807) is 6.92 Å². The molecule has 152 valence electrons. The zero-order valence-corrected chi connectivity index (χ0v) is 16.4. The number of nitrogens with zero attached hydrogens (tertiary/aromatic N) is 2. The molecule has 5 N–H and O–H groups in total. The number of carbonyl (C=O) groups excluding carboxylic acids is 2. The Labute approximate surface area is 158 Å². The lowest BCUT2D eigenvalue weighted by Gasteiger charge is -2.24. The Hall–Kier alpha value is -2.78. The standard InChI is InChI=1S/C17H30N6O4/c1-5-7-8-23-14(18)13(15(25)21-17(23)27)22(6-2)10-12(24)20-16(26)19-9-11(3)4/h11H,5-10,18H2,1-4H3,(H,21,25,27)(H2,19,20,24,26). The topological polar surface area (TPSA) is 142 Å². The Kier molecular flexibility index (Phi) is 8.57. The minimum Gasteiger partial charge on any atom is -0.383 e. The molecule has 0 fully saturated rings. The van der Waals surface area contributed by atoms with Crippen LogP contribution < -0.4 is 32.5 Å². The molecule has 0 aliphatic rings. The van der Waals surface area contributed by atoms with Gasteiger partial charge in [0, 0.05) is 19.6 Å². The van der Waals surface area contributed by atoms with Gasteiger partial charge in [-0.15, -0.1) is 0 Å². The number of hydrogen-bond acceptors (Lipinski definition) is 6. The van der Waals surface area contributed by atoms with E-state index < -0.39 is 23.2 Å². The molecule has 0 radical (unpaired) electrons. The molecule has 0 aliphatic heterocycles. The lowest BCUT2D eigenvalue weighted by atomic mass is 10.2. The lowest BCUT2D eigenvalue weighted by Crippen LogP contribution is -2.47. The Morgan fingerprint density at radius 3 is 2.48 bits per heavy atom. The zero-order valence-electron chi connectivity index (χ0n) is 16.4. The number of aromatic nitrogens is 2. The first-order valence-electron chi connectivity index (χ1n) is 9.16. The summed E-state index contributed by atoms with van der Waals surface area (Å²) in [6.07, 6.45) is 1.57. The van der Waals surface area contributed by atoms with E-state index in [0.717, 1.165) is 12.8 Å². The number of H-pyrrole nitrogens is 1. The van der Waals surface area contributed by atoms with Crippen molar-refractivity contribution in [3.8, 4) is 0 Å². The minimum absolute atomic E-state index is 0.0103. The molecule has 1 rings (SSSR count). The van der Waals surface area contributed by atoms with Crippen LogP contribution >= 0.6 is 0 Å². The third-order valence-electron chi connectivity index (χ3n) is 3.91. The van der Waals surface area contributed by atoms with Crippen molar-refractivity contribution in [3.63, 3.8) is 0 Å². The molecule has 0 saturated heterocycles. The summed E-state index contributed by atoms with van der Waals surface area (Å²) in [5.41, 5.74) is 4.85. The summed E-state index contributed by atoms with van der Waals surface area (Å²) in [4.78, 5) is 51.8. The number of unbranched alkanes of at least 4 members (excludes halogenated alkanes) is 1. The Morgan fingerprint density at radius 1 is 1.26 bits per heavy atom. The van der Waals surface area contributed by atoms with Gasteiger partial charge in [0.25, 0.3) is 5.56 Å². The summed E-state index contributed by atoms with van der Waals surface area (Å²) in [6, 6.07) is -0.598. The average Bonchev–Trinajstić information content (AvgIpc) is 2.58. The van der Waals surface area contributed by atoms with Crippen molar-refractivity contribution in [1.29, 1.82) is 0 Å². The Balaban J connectivity index is 2.98. The number of urea groups is 1. The summed E-state index contributed by atoms with van der Waals surface area (Å²) in [5.74, 6) is -0.320. The number of imide groups is 1. The van der Waals surface area contributed by atoms with E-state index in [1.165, 1.54) is 9.47 Å². The smallest absolute Gasteiger partial charge is 0.330 e. The predicted octanol–water partition coefficient (Wildman–Crippen LogP) is 0.227. The zero-order chi connectivity index (χ0) is 20.6. The van der Waals surface area contributed by atoms with E-state index in [1.807, 2.05) is 20.8 Å². The fourth-order valence-electron chi connectivity index (χ4n) is 2.45. The SMILES string of the molecule is CCCCn1c(N)c(N(CC)CC(=O)NC(=O)NCC(C)C)c(=O)[nH]c1=O. The highest BCUT2D eigenvalue weighted by atomic mass is 16.2. The number of aromatic amines is 1. The minimum atomic E-state index is -0.663. The molecular weight excluding hydrogens is 352 g/mol. The second kappa shape index (κ2) is 10.4. The number of nitrogens with one attached hydrogen (secondary N) is 3. The summed E-state index contributed by atoms with van der Waals surface area (Å²) in [7, 11) is 0. The van der Waals surface area contributed by atoms with Gasteiger partial charge in [-0.2, -0.15) is 0 Å². The highest BCUT2D eigenvalue weighted by Crippen LogP contribution is 2.16. The molecule has 0 saturated carbocycles. The molecule has 0 aliphatic carbocycles. The first-order chi connectivity index (χ1) is 12.7. The van der Waals surface area contributed by atoms with Gasteiger partial charge in [0.05, 0.1) is 6.54 Å². The summed E-state index contributed by atoms with van der Waals surface area (Å²) in [6.45, 7) is 8.43. The maximum atomic E-state index is 12.3. The largest absolute Gasteiger partial charge is 0.383 e. The Morgan fingerprint density at radius 2 is 1.93 bits per heavy atom. The van der Waals surface area contributed by atoms with Crippen LogP contribution in [-0.4, -0.2) is 41.1 Å². The van der Waals surface area contributed by atoms with Crippen molar-refractivity contribution < 1.29 is 9.59 Å². The monoisotopic (exact) mass is 382 g/mol. The van der Waals surface area contributed by atoms with Gasteiger partial charge in [0.1, 0.15) is 11.5 Å². The average molecular weight is 382 g/mol. The first kappa shape index (κ1) is 22.3. The number of amides is 3. The normalized spacial score (nSPS) is 10.7. The van der Waals surface area contributed by atoms with Crippen molar-refractivity contribution >= 4 is 23.4 Å². The number of hydrogen-bond donors (Lipinski definition) is 4. The molecule has 0 bridgehead atoms. The number of carbonyl (C=O) groups is 2. The van der Waals surface area contributed by atoms with E-state index in [-0.39, 0.29) is 24.0 Å². The summed E-state index contributed by atoms with van der Waals surface area (Å²) >= 11 is 0. The third-order valence-corrected chi connectivity index (χ3v) is 3.91. The van der Waals surface area contributed by atoms with Gasteiger partial charge in [0.15, 0.2) is 0 Å². The van der Waals surface area contributed by atoms with Crippen LogP contribution in [0, 0.1) is 5.92 Å².